The van der Waals surface area contributed by atoms with Crippen molar-refractivity contribution in [3.63, 3.8) is 0 Å². The summed E-state index contributed by atoms with van der Waals surface area (Å²) in [4.78, 5) is 11.2. The van der Waals surface area contributed by atoms with E-state index >= 15 is 0 Å². The summed E-state index contributed by atoms with van der Waals surface area (Å²) in [6.07, 6.45) is 4.15. The van der Waals surface area contributed by atoms with Crippen LogP contribution in [0.15, 0.2) is 42.5 Å². The van der Waals surface area contributed by atoms with Crippen molar-refractivity contribution in [1.29, 1.82) is 0 Å². The van der Waals surface area contributed by atoms with E-state index in [4.69, 9.17) is 9.47 Å². The molecule has 0 spiro atoms. The summed E-state index contributed by atoms with van der Waals surface area (Å²) in [5, 5.41) is 2.76. The number of benzene rings is 1. The number of nitrogens with one attached hydrogen (secondary N) is 1. The molecule has 4 nitrogen and oxygen atoms in total. The number of carbonyl (C=O) groups excluding carboxylic acids is 1. The smallest absolute Gasteiger partial charge is 0.408 e. The first-order valence-corrected chi connectivity index (χ1v) is 6.12. The molecule has 1 fully saturated rings. The van der Waals surface area contributed by atoms with Gasteiger partial charge in [-0.25, -0.2) is 4.79 Å². The van der Waals surface area contributed by atoms with Gasteiger partial charge in [0.2, 0.25) is 0 Å². The van der Waals surface area contributed by atoms with Crippen molar-refractivity contribution in [3.05, 3.63) is 48.0 Å². The van der Waals surface area contributed by atoms with Crippen LogP contribution in [0.3, 0.4) is 0 Å². The summed E-state index contributed by atoms with van der Waals surface area (Å²) in [6, 6.07) is 9.95. The van der Waals surface area contributed by atoms with Crippen LogP contribution in [0.5, 0.6) is 0 Å². The number of amides is 1. The molecule has 0 radical (unpaired) electrons. The van der Waals surface area contributed by atoms with Crippen molar-refractivity contribution in [2.45, 2.75) is 31.3 Å². The Balaban J connectivity index is 1.63. The fraction of sp³-hybridized carbons (Fsp3) is 0.357. The maximum absolute atomic E-state index is 11.2. The van der Waals surface area contributed by atoms with Crippen LogP contribution in [-0.4, -0.2) is 24.3 Å². The van der Waals surface area contributed by atoms with Crippen molar-refractivity contribution in [1.82, 2.24) is 5.32 Å². The monoisotopic (exact) mass is 245 g/mol. The van der Waals surface area contributed by atoms with Gasteiger partial charge in [0.25, 0.3) is 0 Å². The zero-order valence-corrected chi connectivity index (χ0v) is 9.91. The maximum Gasteiger partial charge on any atom is 0.408 e. The lowest BCUT2D eigenvalue weighted by molar-refractivity contribution is -0.0407. The zero-order chi connectivity index (χ0) is 12.4. The largest absolute Gasteiger partial charge is 0.441 e. The van der Waals surface area contributed by atoms with Crippen molar-refractivity contribution >= 4 is 6.09 Å². The van der Waals surface area contributed by atoms with E-state index in [1.165, 1.54) is 0 Å². The molecule has 3 atom stereocenters. The number of hydrogen-bond donors (Lipinski definition) is 1. The molecular weight excluding hydrogens is 230 g/mol. The molecular formula is C14H15NO3. The molecule has 0 saturated carbocycles. The van der Waals surface area contributed by atoms with Gasteiger partial charge in [-0.2, -0.15) is 0 Å². The number of fused-ring (bicyclic) bond motifs is 1. The molecule has 0 bridgehead atoms. The molecule has 1 aromatic carbocycles. The highest BCUT2D eigenvalue weighted by molar-refractivity contribution is 5.71. The molecule has 18 heavy (non-hydrogen) atoms. The van der Waals surface area contributed by atoms with Gasteiger partial charge in [0.1, 0.15) is 6.10 Å². The van der Waals surface area contributed by atoms with Gasteiger partial charge in [-0.15, -0.1) is 0 Å². The summed E-state index contributed by atoms with van der Waals surface area (Å²) < 4.78 is 11.1. The van der Waals surface area contributed by atoms with Crippen LogP contribution >= 0.6 is 0 Å². The van der Waals surface area contributed by atoms with Gasteiger partial charge >= 0.3 is 6.09 Å². The van der Waals surface area contributed by atoms with E-state index in [1.807, 2.05) is 42.5 Å². The quantitative estimate of drug-likeness (QED) is 0.829. The third kappa shape index (κ3) is 2.24. The predicted molar refractivity (Wildman–Crippen MR) is 66.0 cm³/mol. The Hall–Kier alpha value is -1.81. The Morgan fingerprint density at radius 2 is 2.17 bits per heavy atom. The highest BCUT2D eigenvalue weighted by atomic mass is 16.6. The molecule has 94 valence electrons. The van der Waals surface area contributed by atoms with Crippen molar-refractivity contribution in [2.75, 3.05) is 0 Å². The maximum atomic E-state index is 11.2. The minimum Gasteiger partial charge on any atom is -0.441 e. The average Bonchev–Trinajstić information content (AvgIpc) is 2.78. The lowest BCUT2D eigenvalue weighted by Crippen LogP contribution is -2.41. The molecule has 2 aliphatic rings. The molecule has 1 saturated heterocycles. The SMILES string of the molecule is O=C1N[C@@H]2C=CC[C@@H](OCc3ccccc3)[C@@H]2O1. The standard InChI is InChI=1S/C14H15NO3/c16-14-15-11-7-4-8-12(13(11)18-14)17-9-10-5-2-1-3-6-10/h1-7,11-13H,8-9H2,(H,15,16)/t11-,12-,13-/m1/s1. The normalized spacial score (nSPS) is 29.6. The van der Waals surface area contributed by atoms with E-state index in [-0.39, 0.29) is 24.3 Å². The van der Waals surface area contributed by atoms with Crippen LogP contribution in [0.1, 0.15) is 12.0 Å². The summed E-state index contributed by atoms with van der Waals surface area (Å²) in [6.45, 7) is 0.542. The van der Waals surface area contributed by atoms with E-state index in [9.17, 15) is 4.79 Å². The Bertz CT molecular complexity index is 457. The van der Waals surface area contributed by atoms with Gasteiger partial charge in [-0.1, -0.05) is 42.5 Å². The number of alkyl carbamates (subject to hydrolysis) is 1. The molecule has 0 aromatic heterocycles. The van der Waals surface area contributed by atoms with E-state index < -0.39 is 0 Å². The van der Waals surface area contributed by atoms with Gasteiger partial charge in [-0.05, 0) is 12.0 Å². The number of hydrogen-bond acceptors (Lipinski definition) is 3. The van der Waals surface area contributed by atoms with Crippen LogP contribution in [0.25, 0.3) is 0 Å². The second kappa shape index (κ2) is 4.82. The Labute approximate surface area is 106 Å². The molecule has 1 aromatic rings. The van der Waals surface area contributed by atoms with Gasteiger partial charge in [-0.3, -0.25) is 0 Å². The van der Waals surface area contributed by atoms with Crippen LogP contribution in [0.4, 0.5) is 4.79 Å². The summed E-state index contributed by atoms with van der Waals surface area (Å²) >= 11 is 0. The van der Waals surface area contributed by atoms with E-state index in [0.29, 0.717) is 6.61 Å². The first kappa shape index (κ1) is 11.3. The van der Waals surface area contributed by atoms with Crippen molar-refractivity contribution < 1.29 is 14.3 Å². The van der Waals surface area contributed by atoms with Crippen molar-refractivity contribution in [2.24, 2.45) is 0 Å². The van der Waals surface area contributed by atoms with E-state index in [0.717, 1.165) is 12.0 Å². The van der Waals surface area contributed by atoms with Crippen LogP contribution in [0, 0.1) is 0 Å². The van der Waals surface area contributed by atoms with Gasteiger partial charge in [0.15, 0.2) is 6.10 Å². The molecule has 0 unspecified atom stereocenters. The van der Waals surface area contributed by atoms with Gasteiger partial charge in [0.05, 0.1) is 12.6 Å². The highest BCUT2D eigenvalue weighted by Gasteiger charge is 2.40. The predicted octanol–water partition coefficient (Wildman–Crippen LogP) is 2.01. The topological polar surface area (TPSA) is 47.6 Å². The van der Waals surface area contributed by atoms with E-state index in [1.54, 1.807) is 0 Å². The first-order valence-electron chi connectivity index (χ1n) is 6.12. The average molecular weight is 245 g/mol. The molecule has 1 N–H and O–H groups in total. The number of rotatable bonds is 3. The second-order valence-corrected chi connectivity index (χ2v) is 4.54. The fourth-order valence-electron chi connectivity index (χ4n) is 2.35. The second-order valence-electron chi connectivity index (χ2n) is 4.54. The molecule has 1 aliphatic carbocycles. The third-order valence-corrected chi connectivity index (χ3v) is 3.27. The zero-order valence-electron chi connectivity index (χ0n) is 9.91. The lowest BCUT2D eigenvalue weighted by atomic mass is 9.97. The third-order valence-electron chi connectivity index (χ3n) is 3.27. The Morgan fingerprint density at radius 1 is 1.33 bits per heavy atom. The molecule has 4 heteroatoms. The molecule has 1 aliphatic heterocycles. The molecule has 1 heterocycles. The Kier molecular flexibility index (Phi) is 3.02. The molecule has 1 amide bonds. The highest BCUT2D eigenvalue weighted by Crippen LogP contribution is 2.24. The minimum atomic E-state index is -0.357. The van der Waals surface area contributed by atoms with Crippen molar-refractivity contribution in [3.8, 4) is 0 Å². The van der Waals surface area contributed by atoms with Gasteiger partial charge in [0, 0.05) is 0 Å². The van der Waals surface area contributed by atoms with Crippen LogP contribution in [0.2, 0.25) is 0 Å². The minimum absolute atomic E-state index is 0.0491. The number of carbonyl (C=O) groups is 1. The Morgan fingerprint density at radius 3 is 3.00 bits per heavy atom. The first-order chi connectivity index (χ1) is 8.83. The van der Waals surface area contributed by atoms with Crippen LogP contribution in [-0.2, 0) is 16.1 Å². The summed E-state index contributed by atoms with van der Waals surface area (Å²) in [5.74, 6) is 0. The van der Waals surface area contributed by atoms with Gasteiger partial charge < -0.3 is 14.8 Å². The summed E-state index contributed by atoms with van der Waals surface area (Å²) in [7, 11) is 0. The molecule has 3 rings (SSSR count). The number of ether oxygens (including phenoxy) is 2. The lowest BCUT2D eigenvalue weighted by Gasteiger charge is -2.27. The van der Waals surface area contributed by atoms with E-state index in [2.05, 4.69) is 5.32 Å². The summed E-state index contributed by atoms with van der Waals surface area (Å²) in [5.41, 5.74) is 1.13. The fourth-order valence-corrected chi connectivity index (χ4v) is 2.35. The van der Waals surface area contributed by atoms with Crippen LogP contribution < -0.4 is 5.32 Å².